The van der Waals surface area contributed by atoms with Gasteiger partial charge in [0.1, 0.15) is 6.10 Å². The van der Waals surface area contributed by atoms with Crippen molar-refractivity contribution in [3.8, 4) is 17.0 Å². The van der Waals surface area contributed by atoms with Crippen LogP contribution in [0.2, 0.25) is 0 Å². The number of aromatic nitrogens is 3. The van der Waals surface area contributed by atoms with Crippen LogP contribution in [-0.2, 0) is 7.05 Å². The van der Waals surface area contributed by atoms with E-state index >= 15 is 0 Å². The quantitative estimate of drug-likeness (QED) is 0.369. The second-order valence-electron chi connectivity index (χ2n) is 7.97. The number of nitrogens with zero attached hydrogens (tertiary/aromatic N) is 3. The molecule has 0 aliphatic carbocycles. The van der Waals surface area contributed by atoms with Crippen LogP contribution < -0.4 is 4.74 Å². The van der Waals surface area contributed by atoms with Gasteiger partial charge in [0, 0.05) is 53.6 Å². The third-order valence-electron chi connectivity index (χ3n) is 5.98. The van der Waals surface area contributed by atoms with E-state index in [1.165, 1.54) is 28.2 Å². The molecule has 0 radical (unpaired) electrons. The topological polar surface area (TPSA) is 39.9 Å². The van der Waals surface area contributed by atoms with Crippen molar-refractivity contribution in [2.75, 3.05) is 0 Å². The van der Waals surface area contributed by atoms with Crippen LogP contribution in [-0.4, -0.2) is 20.6 Å². The summed E-state index contributed by atoms with van der Waals surface area (Å²) in [6.45, 7) is 6.69. The molecule has 150 valence electrons. The molecule has 29 heavy (non-hydrogen) atoms. The standard InChI is InChI=1S/C25H29N3O/c1-5-17(3)13-20(6-2)29-25-10-8-19(15-27-25)18-7-9-21-22-16-26-12-11-23(22)28(4)24(21)14-18/h7-12,14-17,20H,5-6,13H2,1-4H3. The Hall–Kier alpha value is -2.88. The van der Waals surface area contributed by atoms with Gasteiger partial charge < -0.3 is 9.30 Å². The summed E-state index contributed by atoms with van der Waals surface area (Å²) in [6, 6.07) is 12.7. The number of hydrogen-bond acceptors (Lipinski definition) is 3. The highest BCUT2D eigenvalue weighted by atomic mass is 16.5. The number of aryl methyl sites for hydroxylation is 1. The van der Waals surface area contributed by atoms with Gasteiger partial charge in [-0.3, -0.25) is 4.98 Å². The molecule has 0 aliphatic heterocycles. The number of fused-ring (bicyclic) bond motifs is 3. The summed E-state index contributed by atoms with van der Waals surface area (Å²) in [5, 5.41) is 2.41. The van der Waals surface area contributed by atoms with E-state index < -0.39 is 0 Å². The Balaban J connectivity index is 1.59. The van der Waals surface area contributed by atoms with E-state index in [2.05, 4.69) is 72.7 Å². The van der Waals surface area contributed by atoms with Crippen molar-refractivity contribution in [2.24, 2.45) is 13.0 Å². The minimum absolute atomic E-state index is 0.226. The van der Waals surface area contributed by atoms with E-state index in [1.807, 2.05) is 24.7 Å². The Morgan fingerprint density at radius 1 is 0.931 bits per heavy atom. The molecule has 0 amide bonds. The molecule has 0 bridgehead atoms. The summed E-state index contributed by atoms with van der Waals surface area (Å²) in [5.74, 6) is 1.38. The SMILES string of the molecule is CCC(C)CC(CC)Oc1ccc(-c2ccc3c4cnccc4n(C)c3c2)cn1. The van der Waals surface area contributed by atoms with Crippen LogP contribution in [0.4, 0.5) is 0 Å². The zero-order valence-electron chi connectivity index (χ0n) is 17.7. The molecule has 4 aromatic rings. The van der Waals surface area contributed by atoms with Gasteiger partial charge in [0.05, 0.1) is 5.52 Å². The van der Waals surface area contributed by atoms with Crippen molar-refractivity contribution < 1.29 is 4.74 Å². The molecule has 0 fully saturated rings. The average molecular weight is 388 g/mol. The van der Waals surface area contributed by atoms with E-state index in [9.17, 15) is 0 Å². The van der Waals surface area contributed by atoms with E-state index in [4.69, 9.17) is 4.74 Å². The van der Waals surface area contributed by atoms with Gasteiger partial charge in [-0.1, -0.05) is 39.3 Å². The van der Waals surface area contributed by atoms with Crippen LogP contribution in [0.15, 0.2) is 55.0 Å². The van der Waals surface area contributed by atoms with Crippen molar-refractivity contribution in [2.45, 2.75) is 46.1 Å². The molecule has 2 atom stereocenters. The minimum atomic E-state index is 0.226. The molecule has 0 N–H and O–H groups in total. The highest BCUT2D eigenvalue weighted by Crippen LogP contribution is 2.31. The summed E-state index contributed by atoms with van der Waals surface area (Å²) < 4.78 is 8.36. The van der Waals surface area contributed by atoms with Crippen LogP contribution in [0, 0.1) is 5.92 Å². The van der Waals surface area contributed by atoms with Gasteiger partial charge in [-0.05, 0) is 42.5 Å². The van der Waals surface area contributed by atoms with Crippen LogP contribution in [0.5, 0.6) is 5.88 Å². The smallest absolute Gasteiger partial charge is 0.213 e. The van der Waals surface area contributed by atoms with Crippen molar-refractivity contribution in [1.82, 2.24) is 14.5 Å². The van der Waals surface area contributed by atoms with Gasteiger partial charge in [0.15, 0.2) is 0 Å². The Bertz CT molecular complexity index is 1110. The summed E-state index contributed by atoms with van der Waals surface area (Å²) in [5.41, 5.74) is 4.64. The zero-order valence-corrected chi connectivity index (χ0v) is 17.7. The van der Waals surface area contributed by atoms with Crippen molar-refractivity contribution >= 4 is 21.8 Å². The molecule has 2 unspecified atom stereocenters. The maximum atomic E-state index is 6.13. The highest BCUT2D eigenvalue weighted by Gasteiger charge is 2.13. The van der Waals surface area contributed by atoms with Crippen molar-refractivity contribution in [1.29, 1.82) is 0 Å². The lowest BCUT2D eigenvalue weighted by Gasteiger charge is -2.20. The molecule has 0 saturated heterocycles. The molecule has 3 heterocycles. The Morgan fingerprint density at radius 3 is 2.48 bits per heavy atom. The molecule has 1 aromatic carbocycles. The van der Waals surface area contributed by atoms with Gasteiger partial charge in [0.2, 0.25) is 5.88 Å². The second kappa shape index (κ2) is 8.24. The lowest BCUT2D eigenvalue weighted by atomic mass is 10.00. The number of benzene rings is 1. The van der Waals surface area contributed by atoms with E-state index in [0.29, 0.717) is 11.8 Å². The normalized spacial score (nSPS) is 13.7. The molecule has 3 aromatic heterocycles. The predicted molar refractivity (Wildman–Crippen MR) is 120 cm³/mol. The van der Waals surface area contributed by atoms with E-state index in [0.717, 1.165) is 24.0 Å². The fourth-order valence-electron chi connectivity index (χ4n) is 3.94. The fourth-order valence-corrected chi connectivity index (χ4v) is 3.94. The third kappa shape index (κ3) is 3.84. The summed E-state index contributed by atoms with van der Waals surface area (Å²) in [7, 11) is 2.10. The number of pyridine rings is 2. The van der Waals surface area contributed by atoms with Crippen LogP contribution in [0.1, 0.15) is 40.0 Å². The Kier molecular flexibility index (Phi) is 5.52. The first kappa shape index (κ1) is 19.4. The maximum absolute atomic E-state index is 6.13. The van der Waals surface area contributed by atoms with Gasteiger partial charge in [0.25, 0.3) is 0 Å². The maximum Gasteiger partial charge on any atom is 0.213 e. The molecule has 4 heteroatoms. The first-order valence-electron chi connectivity index (χ1n) is 10.6. The number of ether oxygens (including phenoxy) is 1. The van der Waals surface area contributed by atoms with Crippen LogP contribution in [0.25, 0.3) is 32.9 Å². The first-order valence-corrected chi connectivity index (χ1v) is 10.6. The lowest BCUT2D eigenvalue weighted by molar-refractivity contribution is 0.159. The van der Waals surface area contributed by atoms with Crippen LogP contribution >= 0.6 is 0 Å². The molecule has 0 saturated carbocycles. The van der Waals surface area contributed by atoms with Gasteiger partial charge in [-0.2, -0.15) is 0 Å². The summed E-state index contributed by atoms with van der Waals surface area (Å²) in [4.78, 5) is 8.87. The molecular weight excluding hydrogens is 358 g/mol. The predicted octanol–water partition coefficient (Wildman–Crippen LogP) is 6.38. The van der Waals surface area contributed by atoms with Gasteiger partial charge in [-0.25, -0.2) is 4.98 Å². The fraction of sp³-hybridized carbons (Fsp3) is 0.360. The summed E-state index contributed by atoms with van der Waals surface area (Å²) in [6.07, 6.45) is 9.17. The first-order chi connectivity index (χ1) is 14.1. The monoisotopic (exact) mass is 387 g/mol. The lowest BCUT2D eigenvalue weighted by Crippen LogP contribution is -2.19. The van der Waals surface area contributed by atoms with Gasteiger partial charge >= 0.3 is 0 Å². The largest absolute Gasteiger partial charge is 0.474 e. The van der Waals surface area contributed by atoms with Crippen molar-refractivity contribution in [3.63, 3.8) is 0 Å². The molecule has 0 aliphatic rings. The van der Waals surface area contributed by atoms with E-state index in [-0.39, 0.29) is 6.10 Å². The molecule has 0 spiro atoms. The van der Waals surface area contributed by atoms with Gasteiger partial charge in [-0.15, -0.1) is 0 Å². The molecule has 4 rings (SSSR count). The number of hydrogen-bond donors (Lipinski definition) is 0. The Labute approximate surface area is 172 Å². The highest BCUT2D eigenvalue weighted by molar-refractivity contribution is 6.08. The molecular formula is C25H29N3O. The van der Waals surface area contributed by atoms with Crippen LogP contribution in [0.3, 0.4) is 0 Å². The second-order valence-corrected chi connectivity index (χ2v) is 7.97. The zero-order chi connectivity index (χ0) is 20.4. The van der Waals surface area contributed by atoms with E-state index in [1.54, 1.807) is 0 Å². The summed E-state index contributed by atoms with van der Waals surface area (Å²) >= 11 is 0. The number of rotatable bonds is 7. The third-order valence-corrected chi connectivity index (χ3v) is 5.98. The Morgan fingerprint density at radius 2 is 1.76 bits per heavy atom. The molecule has 4 nitrogen and oxygen atoms in total. The minimum Gasteiger partial charge on any atom is -0.474 e. The average Bonchev–Trinajstić information content (AvgIpc) is 3.05. The van der Waals surface area contributed by atoms with Crippen molar-refractivity contribution in [3.05, 3.63) is 55.0 Å².